The van der Waals surface area contributed by atoms with Crippen molar-refractivity contribution in [1.82, 2.24) is 0 Å². The fourth-order valence-corrected chi connectivity index (χ4v) is 1.32. The quantitative estimate of drug-likeness (QED) is 0.559. The van der Waals surface area contributed by atoms with Crippen LogP contribution in [-0.2, 0) is 4.74 Å². The van der Waals surface area contributed by atoms with Crippen molar-refractivity contribution in [2.75, 3.05) is 14.2 Å². The molecule has 0 aliphatic carbocycles. The summed E-state index contributed by atoms with van der Waals surface area (Å²) < 4.78 is 9.59. The lowest BCUT2D eigenvalue weighted by Crippen LogP contribution is -2.07. The molecule has 0 radical (unpaired) electrons. The van der Waals surface area contributed by atoms with Gasteiger partial charge in [-0.3, -0.25) is 4.79 Å². The molecule has 0 saturated heterocycles. The van der Waals surface area contributed by atoms with E-state index in [0.717, 1.165) is 0 Å². The highest BCUT2D eigenvalue weighted by Gasteiger charge is 2.15. The van der Waals surface area contributed by atoms with Crippen LogP contribution in [0.15, 0.2) is 12.1 Å². The third-order valence-electron chi connectivity index (χ3n) is 2.12. The van der Waals surface area contributed by atoms with Gasteiger partial charge in [-0.05, 0) is 24.6 Å². The summed E-state index contributed by atoms with van der Waals surface area (Å²) in [5, 5.41) is 0. The Morgan fingerprint density at radius 3 is 2.47 bits per heavy atom. The molecule has 0 aromatic heterocycles. The lowest BCUT2D eigenvalue weighted by Gasteiger charge is -2.08. The average molecular weight is 208 g/mol. The fourth-order valence-electron chi connectivity index (χ4n) is 1.32. The van der Waals surface area contributed by atoms with Crippen molar-refractivity contribution in [2.24, 2.45) is 0 Å². The molecular weight excluding hydrogens is 196 g/mol. The monoisotopic (exact) mass is 208 g/mol. The number of rotatable bonds is 3. The minimum Gasteiger partial charge on any atom is -0.497 e. The third kappa shape index (κ3) is 2.15. The van der Waals surface area contributed by atoms with Crippen LogP contribution in [0, 0.1) is 6.92 Å². The molecule has 0 unspecified atom stereocenters. The summed E-state index contributed by atoms with van der Waals surface area (Å²) >= 11 is 0. The molecule has 4 nitrogen and oxygen atoms in total. The topological polar surface area (TPSA) is 52.6 Å². The molecule has 0 fully saturated rings. The predicted octanol–water partition coefficient (Wildman–Crippen LogP) is 1.60. The van der Waals surface area contributed by atoms with Crippen molar-refractivity contribution in [3.05, 3.63) is 28.8 Å². The van der Waals surface area contributed by atoms with Gasteiger partial charge in [-0.15, -0.1) is 0 Å². The van der Waals surface area contributed by atoms with Gasteiger partial charge in [-0.1, -0.05) is 0 Å². The van der Waals surface area contributed by atoms with Crippen LogP contribution in [0.4, 0.5) is 0 Å². The maximum Gasteiger partial charge on any atom is 0.338 e. The summed E-state index contributed by atoms with van der Waals surface area (Å²) in [4.78, 5) is 22.2. The van der Waals surface area contributed by atoms with Gasteiger partial charge in [0.05, 0.1) is 19.8 Å². The van der Waals surface area contributed by atoms with Crippen LogP contribution >= 0.6 is 0 Å². The molecule has 0 amide bonds. The van der Waals surface area contributed by atoms with E-state index >= 15 is 0 Å². The number of benzene rings is 1. The molecule has 0 aliphatic rings. The number of aldehydes is 1. The number of esters is 1. The molecule has 1 aromatic rings. The van der Waals surface area contributed by atoms with Gasteiger partial charge >= 0.3 is 5.97 Å². The molecule has 0 N–H and O–H groups in total. The molecule has 1 rings (SSSR count). The minimum atomic E-state index is -0.542. The zero-order chi connectivity index (χ0) is 11.4. The zero-order valence-corrected chi connectivity index (χ0v) is 8.87. The number of carbonyl (C=O) groups excluding carboxylic acids is 2. The van der Waals surface area contributed by atoms with Gasteiger partial charge in [0, 0.05) is 5.56 Å². The van der Waals surface area contributed by atoms with E-state index in [9.17, 15) is 9.59 Å². The average Bonchev–Trinajstić information content (AvgIpc) is 2.26. The van der Waals surface area contributed by atoms with Crippen LogP contribution in [0.2, 0.25) is 0 Å². The Hall–Kier alpha value is -1.84. The molecule has 0 spiro atoms. The number of methoxy groups -OCH3 is 2. The Morgan fingerprint density at radius 1 is 1.33 bits per heavy atom. The number of carbonyl (C=O) groups is 2. The third-order valence-corrected chi connectivity index (χ3v) is 2.12. The predicted molar refractivity (Wildman–Crippen MR) is 54.5 cm³/mol. The van der Waals surface area contributed by atoms with Gasteiger partial charge in [0.2, 0.25) is 0 Å². The van der Waals surface area contributed by atoms with Crippen LogP contribution < -0.4 is 4.74 Å². The molecule has 0 saturated carbocycles. The number of hydrogen-bond donors (Lipinski definition) is 0. The Bertz CT molecular complexity index is 396. The first kappa shape index (κ1) is 11.2. The number of hydrogen-bond acceptors (Lipinski definition) is 4. The first-order valence-electron chi connectivity index (χ1n) is 4.36. The van der Waals surface area contributed by atoms with Gasteiger partial charge in [-0.25, -0.2) is 4.79 Å². The van der Waals surface area contributed by atoms with Crippen LogP contribution in [0.5, 0.6) is 5.75 Å². The molecule has 1 aromatic carbocycles. The Morgan fingerprint density at radius 2 is 2.00 bits per heavy atom. The molecule has 0 bridgehead atoms. The zero-order valence-electron chi connectivity index (χ0n) is 8.87. The second-order valence-electron chi connectivity index (χ2n) is 3.01. The van der Waals surface area contributed by atoms with Crippen molar-refractivity contribution in [1.29, 1.82) is 0 Å². The standard InChI is InChI=1S/C11H12O4/c1-7-4-8(14-2)5-9(10(7)6-12)11(13)15-3/h4-6H,1-3H3. The minimum absolute atomic E-state index is 0.226. The smallest absolute Gasteiger partial charge is 0.338 e. The van der Waals surface area contributed by atoms with Crippen molar-refractivity contribution in [3.8, 4) is 5.75 Å². The Kier molecular flexibility index (Phi) is 3.44. The maximum absolute atomic E-state index is 11.4. The summed E-state index contributed by atoms with van der Waals surface area (Å²) in [7, 11) is 2.77. The second-order valence-corrected chi connectivity index (χ2v) is 3.01. The highest BCUT2D eigenvalue weighted by atomic mass is 16.5. The normalized spacial score (nSPS) is 9.53. The van der Waals surface area contributed by atoms with Gasteiger partial charge < -0.3 is 9.47 Å². The first-order valence-corrected chi connectivity index (χ1v) is 4.36. The summed E-state index contributed by atoms with van der Waals surface area (Å²) in [5.74, 6) is -0.0161. The highest BCUT2D eigenvalue weighted by Crippen LogP contribution is 2.21. The van der Waals surface area contributed by atoms with E-state index in [-0.39, 0.29) is 5.56 Å². The van der Waals surface area contributed by atoms with E-state index < -0.39 is 5.97 Å². The van der Waals surface area contributed by atoms with Crippen LogP contribution in [0.25, 0.3) is 0 Å². The lowest BCUT2D eigenvalue weighted by atomic mass is 10.0. The van der Waals surface area contributed by atoms with Crippen LogP contribution in [0.3, 0.4) is 0 Å². The first-order chi connectivity index (χ1) is 7.13. The fraction of sp³-hybridized carbons (Fsp3) is 0.273. The molecular formula is C11H12O4. The van der Waals surface area contributed by atoms with Gasteiger partial charge in [0.15, 0.2) is 6.29 Å². The summed E-state index contributed by atoms with van der Waals surface area (Å²) in [6.07, 6.45) is 0.640. The molecule has 15 heavy (non-hydrogen) atoms. The van der Waals surface area contributed by atoms with Crippen molar-refractivity contribution >= 4 is 12.3 Å². The number of ether oxygens (including phenoxy) is 2. The van der Waals surface area contributed by atoms with Gasteiger partial charge in [0.25, 0.3) is 0 Å². The Balaban J connectivity index is 3.38. The molecule has 0 aliphatic heterocycles. The summed E-state index contributed by atoms with van der Waals surface area (Å²) in [6.45, 7) is 1.73. The SMILES string of the molecule is COC(=O)c1cc(OC)cc(C)c1C=O. The number of aryl methyl sites for hydroxylation is 1. The van der Waals surface area contributed by atoms with E-state index in [1.165, 1.54) is 20.3 Å². The van der Waals surface area contributed by atoms with Gasteiger partial charge in [0.1, 0.15) is 5.75 Å². The lowest BCUT2D eigenvalue weighted by molar-refractivity contribution is 0.0598. The van der Waals surface area contributed by atoms with Crippen molar-refractivity contribution in [3.63, 3.8) is 0 Å². The molecule has 80 valence electrons. The molecule has 0 heterocycles. The Labute approximate surface area is 87.8 Å². The van der Waals surface area contributed by atoms with Gasteiger partial charge in [-0.2, -0.15) is 0 Å². The van der Waals surface area contributed by atoms with Crippen LogP contribution in [-0.4, -0.2) is 26.5 Å². The van der Waals surface area contributed by atoms with Crippen molar-refractivity contribution in [2.45, 2.75) is 6.92 Å². The van der Waals surface area contributed by atoms with Crippen LogP contribution in [0.1, 0.15) is 26.3 Å². The maximum atomic E-state index is 11.4. The molecule has 0 atom stereocenters. The van der Waals surface area contributed by atoms with E-state index in [0.29, 0.717) is 23.2 Å². The highest BCUT2D eigenvalue weighted by molar-refractivity contribution is 5.99. The summed E-state index contributed by atoms with van der Waals surface area (Å²) in [6, 6.07) is 3.18. The second kappa shape index (κ2) is 4.59. The summed E-state index contributed by atoms with van der Waals surface area (Å²) in [5.41, 5.74) is 1.25. The van der Waals surface area contributed by atoms with Crippen molar-refractivity contribution < 1.29 is 19.1 Å². The van der Waals surface area contributed by atoms with E-state index in [1.807, 2.05) is 0 Å². The van der Waals surface area contributed by atoms with E-state index in [4.69, 9.17) is 4.74 Å². The van der Waals surface area contributed by atoms with E-state index in [1.54, 1.807) is 13.0 Å². The largest absolute Gasteiger partial charge is 0.497 e. The molecule has 4 heteroatoms. The van der Waals surface area contributed by atoms with E-state index in [2.05, 4.69) is 4.74 Å².